The van der Waals surface area contributed by atoms with E-state index in [0.29, 0.717) is 17.8 Å². The summed E-state index contributed by atoms with van der Waals surface area (Å²) in [6.07, 6.45) is 4.97. The number of rotatable bonds is 5. The Bertz CT molecular complexity index is 202. The summed E-state index contributed by atoms with van der Waals surface area (Å²) in [7, 11) is 1.80. The van der Waals surface area contributed by atoms with Crippen molar-refractivity contribution < 1.29 is 4.79 Å². The molecule has 1 fully saturated rings. The summed E-state index contributed by atoms with van der Waals surface area (Å²) in [5.74, 6) is 1.27. The lowest BCUT2D eigenvalue weighted by Crippen LogP contribution is -2.46. The number of hydrogen-bond acceptors (Lipinski definition) is 3. The lowest BCUT2D eigenvalue weighted by Gasteiger charge is -2.31. The average molecular weight is 267 g/mol. The highest BCUT2D eigenvalue weighted by Crippen LogP contribution is 2.28. The smallest absolute Gasteiger partial charge is 0.234 e. The van der Waals surface area contributed by atoms with Gasteiger partial charge in [0.2, 0.25) is 5.91 Å². The first kappa shape index (κ1) is 16.1. The molecule has 96 valence electrons. The van der Waals surface area contributed by atoms with Gasteiger partial charge in [-0.15, -0.1) is 12.4 Å². The van der Waals surface area contributed by atoms with Crippen LogP contribution < -0.4 is 10.6 Å². The van der Waals surface area contributed by atoms with E-state index in [1.165, 1.54) is 19.3 Å². The molecule has 5 heteroatoms. The van der Waals surface area contributed by atoms with Crippen LogP contribution in [0, 0.1) is 0 Å². The van der Waals surface area contributed by atoms with Gasteiger partial charge in [-0.1, -0.05) is 19.8 Å². The highest BCUT2D eigenvalue weighted by molar-refractivity contribution is 7.99. The molecule has 1 rings (SSSR count). The van der Waals surface area contributed by atoms with Crippen molar-refractivity contribution in [3.05, 3.63) is 0 Å². The summed E-state index contributed by atoms with van der Waals surface area (Å²) in [6, 6.07) is 0.393. The summed E-state index contributed by atoms with van der Waals surface area (Å²) in [4.78, 5) is 11.5. The molecule has 0 heterocycles. The largest absolute Gasteiger partial charge is 0.351 e. The maximum atomic E-state index is 11.5. The van der Waals surface area contributed by atoms with Gasteiger partial charge in [0.15, 0.2) is 0 Å². The second-order valence-electron chi connectivity index (χ2n) is 3.98. The second kappa shape index (κ2) is 9.14. The lowest BCUT2D eigenvalue weighted by molar-refractivity contribution is -0.121. The molecule has 0 saturated heterocycles. The van der Waals surface area contributed by atoms with E-state index in [4.69, 9.17) is 0 Å². The quantitative estimate of drug-likeness (QED) is 0.798. The summed E-state index contributed by atoms with van der Waals surface area (Å²) >= 11 is 1.99. The number of halogens is 1. The molecule has 1 aliphatic rings. The third kappa shape index (κ3) is 5.41. The number of thioether (sulfide) groups is 1. The molecule has 0 bridgehead atoms. The Hall–Kier alpha value is 0.0700. The van der Waals surface area contributed by atoms with Crippen LogP contribution in [0.1, 0.15) is 32.6 Å². The normalized spacial score (nSPS) is 24.6. The van der Waals surface area contributed by atoms with E-state index in [2.05, 4.69) is 17.6 Å². The summed E-state index contributed by atoms with van der Waals surface area (Å²) in [5.41, 5.74) is 0. The van der Waals surface area contributed by atoms with E-state index in [0.717, 1.165) is 12.2 Å². The van der Waals surface area contributed by atoms with E-state index >= 15 is 0 Å². The number of carbonyl (C=O) groups is 1. The van der Waals surface area contributed by atoms with Crippen molar-refractivity contribution in [1.29, 1.82) is 0 Å². The standard InChI is InChI=1S/C11H22N2OS.ClH/c1-3-15-10-7-5-4-6-9(10)13-11(14)8-12-2;/h9-10,12H,3-8H2,1-2H3,(H,13,14);1H. The van der Waals surface area contributed by atoms with Gasteiger partial charge in [0.05, 0.1) is 6.54 Å². The first-order valence-corrected chi connectivity index (χ1v) is 6.88. The Morgan fingerprint density at radius 2 is 2.06 bits per heavy atom. The number of amides is 1. The highest BCUT2D eigenvalue weighted by Gasteiger charge is 2.25. The Morgan fingerprint density at radius 1 is 1.38 bits per heavy atom. The lowest BCUT2D eigenvalue weighted by atomic mass is 9.95. The van der Waals surface area contributed by atoms with Gasteiger partial charge in [-0.2, -0.15) is 11.8 Å². The van der Waals surface area contributed by atoms with Gasteiger partial charge in [-0.3, -0.25) is 4.79 Å². The molecule has 1 saturated carbocycles. The molecule has 3 nitrogen and oxygen atoms in total. The second-order valence-corrected chi connectivity index (χ2v) is 5.50. The predicted octanol–water partition coefficient (Wildman–Crippen LogP) is 1.81. The summed E-state index contributed by atoms with van der Waals surface area (Å²) in [6.45, 7) is 2.62. The monoisotopic (exact) mass is 266 g/mol. The zero-order valence-corrected chi connectivity index (χ0v) is 11.8. The van der Waals surface area contributed by atoms with E-state index in [9.17, 15) is 4.79 Å². The Labute approximate surface area is 109 Å². The van der Waals surface area contributed by atoms with Crippen LogP contribution in [0.25, 0.3) is 0 Å². The van der Waals surface area contributed by atoms with Gasteiger partial charge in [0.25, 0.3) is 0 Å². The molecule has 0 radical (unpaired) electrons. The summed E-state index contributed by atoms with van der Waals surface area (Å²) < 4.78 is 0. The molecule has 1 aliphatic carbocycles. The number of nitrogens with one attached hydrogen (secondary N) is 2. The number of carbonyl (C=O) groups excluding carboxylic acids is 1. The van der Waals surface area contributed by atoms with E-state index in [1.54, 1.807) is 7.05 Å². The van der Waals surface area contributed by atoms with Crippen LogP contribution in [0.3, 0.4) is 0 Å². The molecule has 2 atom stereocenters. The fourth-order valence-corrected chi connectivity index (χ4v) is 3.29. The minimum atomic E-state index is 0. The molecule has 0 spiro atoms. The van der Waals surface area contributed by atoms with Crippen LogP contribution in [-0.2, 0) is 4.79 Å². The van der Waals surface area contributed by atoms with Crippen molar-refractivity contribution >= 4 is 30.1 Å². The molecule has 0 aromatic heterocycles. The molecule has 0 aromatic carbocycles. The van der Waals surface area contributed by atoms with Crippen LogP contribution >= 0.6 is 24.2 Å². The maximum absolute atomic E-state index is 11.5. The van der Waals surface area contributed by atoms with E-state index in [1.807, 2.05) is 11.8 Å². The molecular formula is C11H23ClN2OS. The third-order valence-electron chi connectivity index (χ3n) is 2.77. The zero-order valence-electron chi connectivity index (χ0n) is 10.1. The zero-order chi connectivity index (χ0) is 11.1. The predicted molar refractivity (Wildman–Crippen MR) is 73.5 cm³/mol. The molecule has 0 aliphatic heterocycles. The minimum absolute atomic E-state index is 0. The van der Waals surface area contributed by atoms with Crippen LogP contribution in [0.2, 0.25) is 0 Å². The van der Waals surface area contributed by atoms with Crippen LogP contribution in [0.4, 0.5) is 0 Å². The minimum Gasteiger partial charge on any atom is -0.351 e. The highest BCUT2D eigenvalue weighted by atomic mass is 35.5. The molecular weight excluding hydrogens is 244 g/mol. The van der Waals surface area contributed by atoms with Gasteiger partial charge < -0.3 is 10.6 Å². The van der Waals surface area contributed by atoms with Gasteiger partial charge in [-0.25, -0.2) is 0 Å². The molecule has 16 heavy (non-hydrogen) atoms. The molecule has 1 amide bonds. The van der Waals surface area contributed by atoms with Gasteiger partial charge in [-0.05, 0) is 25.6 Å². The van der Waals surface area contributed by atoms with Crippen molar-refractivity contribution in [3.8, 4) is 0 Å². The number of likely N-dealkylation sites (N-methyl/N-ethyl adjacent to an activating group) is 1. The third-order valence-corrected chi connectivity index (χ3v) is 4.09. The average Bonchev–Trinajstić information content (AvgIpc) is 2.21. The topological polar surface area (TPSA) is 41.1 Å². The van der Waals surface area contributed by atoms with Crippen molar-refractivity contribution in [2.24, 2.45) is 0 Å². The van der Waals surface area contributed by atoms with E-state index in [-0.39, 0.29) is 18.3 Å². The summed E-state index contributed by atoms with van der Waals surface area (Å²) in [5, 5.41) is 6.65. The Balaban J connectivity index is 0.00000225. The van der Waals surface area contributed by atoms with Gasteiger partial charge >= 0.3 is 0 Å². The van der Waals surface area contributed by atoms with Crippen LogP contribution in [0.15, 0.2) is 0 Å². The first-order chi connectivity index (χ1) is 7.27. The first-order valence-electron chi connectivity index (χ1n) is 5.83. The molecule has 2 N–H and O–H groups in total. The van der Waals surface area contributed by atoms with Gasteiger partial charge in [0.1, 0.15) is 0 Å². The van der Waals surface area contributed by atoms with Crippen molar-refractivity contribution in [1.82, 2.24) is 10.6 Å². The van der Waals surface area contributed by atoms with Crippen molar-refractivity contribution in [2.75, 3.05) is 19.3 Å². The molecule has 2 unspecified atom stereocenters. The van der Waals surface area contributed by atoms with Crippen LogP contribution in [-0.4, -0.2) is 36.5 Å². The van der Waals surface area contributed by atoms with Crippen molar-refractivity contribution in [2.45, 2.75) is 43.9 Å². The van der Waals surface area contributed by atoms with Crippen LogP contribution in [0.5, 0.6) is 0 Å². The maximum Gasteiger partial charge on any atom is 0.234 e. The molecule has 0 aromatic rings. The van der Waals surface area contributed by atoms with Crippen molar-refractivity contribution in [3.63, 3.8) is 0 Å². The Morgan fingerprint density at radius 3 is 2.69 bits per heavy atom. The number of hydrogen-bond donors (Lipinski definition) is 2. The fourth-order valence-electron chi connectivity index (χ4n) is 2.09. The SMILES string of the molecule is CCSC1CCCCC1NC(=O)CNC.Cl. The Kier molecular flexibility index (Phi) is 9.18. The van der Waals surface area contributed by atoms with Gasteiger partial charge in [0, 0.05) is 11.3 Å². The van der Waals surface area contributed by atoms with E-state index < -0.39 is 0 Å². The fraction of sp³-hybridized carbons (Fsp3) is 0.909.